The lowest BCUT2D eigenvalue weighted by molar-refractivity contribution is 0.0533. The molecule has 0 radical (unpaired) electrons. The summed E-state index contributed by atoms with van der Waals surface area (Å²) in [4.78, 5) is 12.1. The molecule has 1 aliphatic rings. The van der Waals surface area contributed by atoms with Crippen LogP contribution in [0, 0.1) is 0 Å². The molecule has 0 aromatic heterocycles. The molecule has 0 N–H and O–H groups in total. The summed E-state index contributed by atoms with van der Waals surface area (Å²) in [5.41, 5.74) is 0.544. The summed E-state index contributed by atoms with van der Waals surface area (Å²) in [6.07, 6.45) is 0.205. The van der Waals surface area contributed by atoms with Gasteiger partial charge in [-0.1, -0.05) is 18.2 Å². The van der Waals surface area contributed by atoms with Crippen molar-refractivity contribution in [2.75, 3.05) is 25.6 Å². The molecule has 0 amide bonds. The number of thiol groups is 1. The molecule has 110 valence electrons. The van der Waals surface area contributed by atoms with Gasteiger partial charge < -0.3 is 14.2 Å². The lowest BCUT2D eigenvalue weighted by Crippen LogP contribution is -2.08. The molecule has 1 aliphatic heterocycles. The fourth-order valence-electron chi connectivity index (χ4n) is 2.09. The molecular formula is C16H16O4S. The van der Waals surface area contributed by atoms with Gasteiger partial charge >= 0.3 is 5.97 Å². The second kappa shape index (κ2) is 6.37. The summed E-state index contributed by atoms with van der Waals surface area (Å²) in [5.74, 6) is 0.900. The van der Waals surface area contributed by atoms with Crippen molar-refractivity contribution in [2.45, 2.75) is 6.10 Å². The summed E-state index contributed by atoms with van der Waals surface area (Å²) in [6, 6.07) is 11.3. The largest absolute Gasteiger partial charge is 0.491 e. The van der Waals surface area contributed by atoms with Crippen LogP contribution in [-0.4, -0.2) is 37.6 Å². The molecule has 3 rings (SSSR count). The van der Waals surface area contributed by atoms with Crippen molar-refractivity contribution < 1.29 is 19.0 Å². The molecule has 1 atom stereocenters. The van der Waals surface area contributed by atoms with E-state index in [2.05, 4.69) is 12.6 Å². The zero-order chi connectivity index (χ0) is 14.7. The molecule has 1 saturated heterocycles. The Morgan fingerprint density at radius 2 is 2.19 bits per heavy atom. The highest BCUT2D eigenvalue weighted by Gasteiger charge is 2.23. The van der Waals surface area contributed by atoms with E-state index in [4.69, 9.17) is 14.2 Å². The van der Waals surface area contributed by atoms with Crippen LogP contribution in [0.4, 0.5) is 0 Å². The lowest BCUT2D eigenvalue weighted by Gasteiger charge is -2.09. The normalized spacial score (nSPS) is 16.7. The first-order chi connectivity index (χ1) is 10.3. The maximum Gasteiger partial charge on any atom is 0.338 e. The molecule has 0 bridgehead atoms. The van der Waals surface area contributed by atoms with E-state index < -0.39 is 0 Å². The Morgan fingerprint density at radius 3 is 2.95 bits per heavy atom. The Bertz CT molecular complexity index is 652. The van der Waals surface area contributed by atoms with Crippen LogP contribution in [0.25, 0.3) is 10.8 Å². The van der Waals surface area contributed by atoms with Gasteiger partial charge in [0.2, 0.25) is 0 Å². The molecule has 1 heterocycles. The third-order valence-corrected chi connectivity index (χ3v) is 3.42. The monoisotopic (exact) mass is 304 g/mol. The van der Waals surface area contributed by atoms with E-state index in [1.165, 1.54) is 0 Å². The molecule has 21 heavy (non-hydrogen) atoms. The van der Waals surface area contributed by atoms with Crippen LogP contribution >= 0.6 is 12.6 Å². The summed E-state index contributed by atoms with van der Waals surface area (Å²) >= 11 is 4.04. The van der Waals surface area contributed by atoms with Crippen LogP contribution < -0.4 is 4.74 Å². The average Bonchev–Trinajstić information content (AvgIpc) is 3.34. The van der Waals surface area contributed by atoms with Gasteiger partial charge in [-0.3, -0.25) is 0 Å². The van der Waals surface area contributed by atoms with Crippen LogP contribution in [0.1, 0.15) is 10.4 Å². The summed E-state index contributed by atoms with van der Waals surface area (Å²) < 4.78 is 15.9. The first-order valence-electron chi connectivity index (χ1n) is 6.83. The number of esters is 1. The Hall–Kier alpha value is -1.72. The highest BCUT2D eigenvalue weighted by molar-refractivity contribution is 7.80. The molecule has 0 spiro atoms. The topological polar surface area (TPSA) is 48.1 Å². The van der Waals surface area contributed by atoms with Crippen LogP contribution in [0.2, 0.25) is 0 Å². The van der Waals surface area contributed by atoms with Gasteiger partial charge in [-0.05, 0) is 29.0 Å². The highest BCUT2D eigenvalue weighted by atomic mass is 32.1. The summed E-state index contributed by atoms with van der Waals surface area (Å²) in [6.45, 7) is 1.60. The van der Waals surface area contributed by atoms with Crippen molar-refractivity contribution in [3.05, 3.63) is 42.0 Å². The molecule has 1 unspecified atom stereocenters. The van der Waals surface area contributed by atoms with Crippen molar-refractivity contribution in [3.63, 3.8) is 0 Å². The number of fused-ring (bicyclic) bond motifs is 1. The minimum atomic E-state index is -0.336. The number of ether oxygens (including phenoxy) is 3. The van der Waals surface area contributed by atoms with E-state index in [1.807, 2.05) is 30.3 Å². The quantitative estimate of drug-likeness (QED) is 0.506. The van der Waals surface area contributed by atoms with Gasteiger partial charge in [0, 0.05) is 5.75 Å². The highest BCUT2D eigenvalue weighted by Crippen LogP contribution is 2.25. The summed E-state index contributed by atoms with van der Waals surface area (Å²) in [7, 11) is 0. The van der Waals surface area contributed by atoms with Gasteiger partial charge in [0.25, 0.3) is 0 Å². The van der Waals surface area contributed by atoms with Crippen molar-refractivity contribution in [1.29, 1.82) is 0 Å². The first kappa shape index (κ1) is 14.2. The van der Waals surface area contributed by atoms with Crippen molar-refractivity contribution >= 4 is 29.4 Å². The second-order valence-corrected chi connectivity index (χ2v) is 5.26. The minimum absolute atomic E-state index is 0.205. The third-order valence-electron chi connectivity index (χ3n) is 3.24. The standard InChI is InChI=1S/C16H16O4S/c17-16(18-6-7-21)14-3-1-2-11-4-5-12(8-15(11)14)19-9-13-10-20-13/h1-5,8,13,21H,6-7,9-10H2. The number of hydrogen-bond acceptors (Lipinski definition) is 5. The average molecular weight is 304 g/mol. The van der Waals surface area contributed by atoms with Crippen LogP contribution in [0.3, 0.4) is 0 Å². The minimum Gasteiger partial charge on any atom is -0.491 e. The number of benzene rings is 2. The van der Waals surface area contributed by atoms with Gasteiger partial charge in [0.1, 0.15) is 25.1 Å². The molecule has 2 aromatic rings. The zero-order valence-corrected chi connectivity index (χ0v) is 12.3. The molecule has 2 aromatic carbocycles. The van der Waals surface area contributed by atoms with E-state index in [-0.39, 0.29) is 12.1 Å². The Morgan fingerprint density at radius 1 is 1.33 bits per heavy atom. The SMILES string of the molecule is O=C(OCCS)c1cccc2ccc(OCC3CO3)cc12. The smallest absolute Gasteiger partial charge is 0.338 e. The molecular weight excluding hydrogens is 288 g/mol. The predicted octanol–water partition coefficient (Wildman–Crippen LogP) is 2.70. The Balaban J connectivity index is 1.87. The summed E-state index contributed by atoms with van der Waals surface area (Å²) in [5, 5.41) is 1.81. The zero-order valence-electron chi connectivity index (χ0n) is 11.5. The maximum atomic E-state index is 12.1. The molecule has 0 aliphatic carbocycles. The first-order valence-corrected chi connectivity index (χ1v) is 7.46. The number of carbonyl (C=O) groups is 1. The van der Waals surface area contributed by atoms with Crippen molar-refractivity contribution in [2.24, 2.45) is 0 Å². The molecule has 4 nitrogen and oxygen atoms in total. The Kier molecular flexibility index (Phi) is 4.31. The van der Waals surface area contributed by atoms with E-state index in [0.29, 0.717) is 24.5 Å². The fourth-order valence-corrected chi connectivity index (χ4v) is 2.18. The van der Waals surface area contributed by atoms with Gasteiger partial charge in [-0.2, -0.15) is 12.6 Å². The Labute approximate surface area is 128 Å². The second-order valence-electron chi connectivity index (χ2n) is 4.81. The maximum absolute atomic E-state index is 12.1. The van der Waals surface area contributed by atoms with E-state index in [1.54, 1.807) is 6.07 Å². The van der Waals surface area contributed by atoms with Crippen LogP contribution in [0.15, 0.2) is 36.4 Å². The van der Waals surface area contributed by atoms with Gasteiger partial charge in [0.05, 0.1) is 12.2 Å². The van der Waals surface area contributed by atoms with Gasteiger partial charge in [-0.15, -0.1) is 0 Å². The van der Waals surface area contributed by atoms with Crippen molar-refractivity contribution in [1.82, 2.24) is 0 Å². The van der Waals surface area contributed by atoms with E-state index in [9.17, 15) is 4.79 Å². The fraction of sp³-hybridized carbons (Fsp3) is 0.312. The molecule has 1 fully saturated rings. The van der Waals surface area contributed by atoms with Crippen LogP contribution in [0.5, 0.6) is 5.75 Å². The van der Waals surface area contributed by atoms with Crippen molar-refractivity contribution in [3.8, 4) is 5.75 Å². The lowest BCUT2D eigenvalue weighted by atomic mass is 10.0. The van der Waals surface area contributed by atoms with Crippen LogP contribution in [-0.2, 0) is 9.47 Å². The number of epoxide rings is 1. The van der Waals surface area contributed by atoms with E-state index in [0.717, 1.165) is 23.1 Å². The van der Waals surface area contributed by atoms with Gasteiger partial charge in [-0.25, -0.2) is 4.79 Å². The number of hydrogen-bond donors (Lipinski definition) is 1. The third kappa shape index (κ3) is 3.49. The van der Waals surface area contributed by atoms with E-state index >= 15 is 0 Å². The molecule has 0 saturated carbocycles. The number of rotatable bonds is 6. The number of carbonyl (C=O) groups excluding carboxylic acids is 1. The predicted molar refractivity (Wildman–Crippen MR) is 83.3 cm³/mol. The molecule has 5 heteroatoms. The van der Waals surface area contributed by atoms with Gasteiger partial charge in [0.15, 0.2) is 0 Å².